The van der Waals surface area contributed by atoms with Gasteiger partial charge in [-0.25, -0.2) is 5.43 Å². The number of benzene rings is 1. The second-order valence-corrected chi connectivity index (χ2v) is 6.81. The van der Waals surface area contributed by atoms with Gasteiger partial charge in [0.15, 0.2) is 0 Å². The Morgan fingerprint density at radius 2 is 2.17 bits per heavy atom. The van der Waals surface area contributed by atoms with E-state index in [2.05, 4.69) is 17.8 Å². The fourth-order valence-electron chi connectivity index (χ4n) is 3.04. The summed E-state index contributed by atoms with van der Waals surface area (Å²) in [5.41, 5.74) is 7.22. The van der Waals surface area contributed by atoms with E-state index in [1.165, 1.54) is 0 Å². The minimum atomic E-state index is -0.168. The number of hydrogen-bond acceptors (Lipinski definition) is 4. The predicted molar refractivity (Wildman–Crippen MR) is 90.5 cm³/mol. The van der Waals surface area contributed by atoms with Crippen LogP contribution in [-0.4, -0.2) is 42.6 Å². The molecule has 0 saturated carbocycles. The third-order valence-electron chi connectivity index (χ3n) is 4.47. The van der Waals surface area contributed by atoms with Crippen molar-refractivity contribution in [3.63, 3.8) is 0 Å². The summed E-state index contributed by atoms with van der Waals surface area (Å²) in [6.07, 6.45) is 1.66. The molecule has 126 valence electrons. The molecule has 0 bridgehead atoms. The molecule has 1 aromatic rings. The molecule has 3 unspecified atom stereocenters. The molecule has 23 heavy (non-hydrogen) atoms. The Kier molecular flexibility index (Phi) is 5.44. The molecular weight excluding hydrogens is 337 g/mol. The molecule has 2 saturated heterocycles. The van der Waals surface area contributed by atoms with Crippen LogP contribution in [0.15, 0.2) is 18.2 Å². The van der Waals surface area contributed by atoms with Gasteiger partial charge in [0.1, 0.15) is 12.1 Å². The molecule has 0 aliphatic carbocycles. The number of carbonyl (C=O) groups is 1. The summed E-state index contributed by atoms with van der Waals surface area (Å²) in [4.78, 5) is 14.5. The fourth-order valence-corrected chi connectivity index (χ4v) is 3.34. The number of hydrogen-bond donors (Lipinski definition) is 2. The summed E-state index contributed by atoms with van der Waals surface area (Å²) in [5, 5.41) is 1.02. The quantitative estimate of drug-likeness (QED) is 0.872. The van der Waals surface area contributed by atoms with Crippen LogP contribution in [-0.2, 0) is 9.53 Å². The predicted octanol–water partition coefficient (Wildman–Crippen LogP) is 2.54. The molecule has 2 aliphatic rings. The third kappa shape index (κ3) is 3.80. The van der Waals surface area contributed by atoms with Crippen molar-refractivity contribution < 1.29 is 9.53 Å². The molecule has 0 radical (unpaired) electrons. The molecule has 7 heteroatoms. The van der Waals surface area contributed by atoms with Crippen LogP contribution in [0.25, 0.3) is 0 Å². The summed E-state index contributed by atoms with van der Waals surface area (Å²) in [6.45, 7) is 3.78. The summed E-state index contributed by atoms with van der Waals surface area (Å²) in [6, 6.07) is 5.67. The van der Waals surface area contributed by atoms with E-state index in [4.69, 9.17) is 27.9 Å². The van der Waals surface area contributed by atoms with Crippen molar-refractivity contribution in [1.82, 2.24) is 15.8 Å². The SMILES string of the molecule is CCC1CC(C(=O)N2CCOC(c3ccc(Cl)c(Cl)c3)C2)NN1. The van der Waals surface area contributed by atoms with Gasteiger partial charge in [-0.05, 0) is 30.5 Å². The highest BCUT2D eigenvalue weighted by Gasteiger charge is 2.34. The number of nitrogens with one attached hydrogen (secondary N) is 2. The average molecular weight is 358 g/mol. The molecule has 1 amide bonds. The van der Waals surface area contributed by atoms with Gasteiger partial charge in [0.2, 0.25) is 5.91 Å². The van der Waals surface area contributed by atoms with Gasteiger partial charge in [0, 0.05) is 12.6 Å². The number of hydrazine groups is 1. The van der Waals surface area contributed by atoms with E-state index in [9.17, 15) is 4.79 Å². The molecule has 1 aromatic carbocycles. The van der Waals surface area contributed by atoms with Gasteiger partial charge in [-0.1, -0.05) is 36.2 Å². The lowest BCUT2D eigenvalue weighted by Gasteiger charge is -2.34. The number of carbonyl (C=O) groups excluding carboxylic acids is 1. The highest BCUT2D eigenvalue weighted by Crippen LogP contribution is 2.29. The fraction of sp³-hybridized carbons (Fsp3) is 0.562. The van der Waals surface area contributed by atoms with Crippen LogP contribution in [0.2, 0.25) is 10.0 Å². The van der Waals surface area contributed by atoms with Crippen molar-refractivity contribution in [2.75, 3.05) is 19.7 Å². The number of morpholine rings is 1. The largest absolute Gasteiger partial charge is 0.370 e. The van der Waals surface area contributed by atoms with Crippen molar-refractivity contribution in [3.05, 3.63) is 33.8 Å². The second-order valence-electron chi connectivity index (χ2n) is 6.00. The maximum Gasteiger partial charge on any atom is 0.241 e. The van der Waals surface area contributed by atoms with E-state index in [1.54, 1.807) is 6.07 Å². The van der Waals surface area contributed by atoms with Crippen LogP contribution >= 0.6 is 23.2 Å². The lowest BCUT2D eigenvalue weighted by atomic mass is 10.0. The monoisotopic (exact) mass is 357 g/mol. The second kappa shape index (κ2) is 7.36. The first kappa shape index (κ1) is 17.0. The highest BCUT2D eigenvalue weighted by molar-refractivity contribution is 6.42. The smallest absolute Gasteiger partial charge is 0.241 e. The first-order chi connectivity index (χ1) is 11.1. The summed E-state index contributed by atoms with van der Waals surface area (Å²) in [7, 11) is 0. The Morgan fingerprint density at radius 1 is 1.35 bits per heavy atom. The zero-order valence-corrected chi connectivity index (χ0v) is 14.5. The van der Waals surface area contributed by atoms with E-state index in [-0.39, 0.29) is 18.1 Å². The van der Waals surface area contributed by atoms with Crippen LogP contribution in [0.1, 0.15) is 31.4 Å². The number of rotatable bonds is 3. The molecule has 2 fully saturated rings. The summed E-state index contributed by atoms with van der Waals surface area (Å²) < 4.78 is 5.81. The first-order valence-electron chi connectivity index (χ1n) is 7.95. The van der Waals surface area contributed by atoms with E-state index in [0.29, 0.717) is 35.8 Å². The molecular formula is C16H21Cl2N3O2. The Labute approximate surface area is 146 Å². The molecule has 0 aromatic heterocycles. The van der Waals surface area contributed by atoms with E-state index < -0.39 is 0 Å². The zero-order chi connectivity index (χ0) is 16.4. The molecule has 3 atom stereocenters. The van der Waals surface area contributed by atoms with Crippen LogP contribution in [0.3, 0.4) is 0 Å². The van der Waals surface area contributed by atoms with Crippen molar-refractivity contribution in [3.8, 4) is 0 Å². The van der Waals surface area contributed by atoms with Crippen LogP contribution in [0.5, 0.6) is 0 Å². The van der Waals surface area contributed by atoms with Crippen molar-refractivity contribution in [2.45, 2.75) is 38.0 Å². The van der Waals surface area contributed by atoms with Gasteiger partial charge in [0.25, 0.3) is 0 Å². The molecule has 0 spiro atoms. The third-order valence-corrected chi connectivity index (χ3v) is 5.21. The maximum absolute atomic E-state index is 12.7. The number of amides is 1. The minimum absolute atomic E-state index is 0.127. The number of nitrogens with zero attached hydrogens (tertiary/aromatic N) is 1. The van der Waals surface area contributed by atoms with Gasteiger partial charge in [-0.15, -0.1) is 0 Å². The van der Waals surface area contributed by atoms with Gasteiger partial charge in [-0.3, -0.25) is 10.2 Å². The van der Waals surface area contributed by atoms with Gasteiger partial charge < -0.3 is 9.64 Å². The Morgan fingerprint density at radius 3 is 2.87 bits per heavy atom. The molecule has 5 nitrogen and oxygen atoms in total. The van der Waals surface area contributed by atoms with E-state index >= 15 is 0 Å². The molecule has 2 heterocycles. The van der Waals surface area contributed by atoms with Gasteiger partial charge in [-0.2, -0.15) is 0 Å². The topological polar surface area (TPSA) is 53.6 Å². The van der Waals surface area contributed by atoms with Crippen molar-refractivity contribution >= 4 is 29.1 Å². The van der Waals surface area contributed by atoms with E-state index in [1.807, 2.05) is 17.0 Å². The van der Waals surface area contributed by atoms with Crippen molar-refractivity contribution in [2.24, 2.45) is 0 Å². The number of halogens is 2. The van der Waals surface area contributed by atoms with Crippen molar-refractivity contribution in [1.29, 1.82) is 0 Å². The van der Waals surface area contributed by atoms with Crippen LogP contribution in [0.4, 0.5) is 0 Å². The molecule has 2 aliphatic heterocycles. The first-order valence-corrected chi connectivity index (χ1v) is 8.70. The highest BCUT2D eigenvalue weighted by atomic mass is 35.5. The van der Waals surface area contributed by atoms with Gasteiger partial charge in [0.05, 0.1) is 23.2 Å². The Hall–Kier alpha value is -0.850. The lowest BCUT2D eigenvalue weighted by Crippen LogP contribution is -2.50. The van der Waals surface area contributed by atoms with E-state index in [0.717, 1.165) is 18.4 Å². The summed E-state index contributed by atoms with van der Waals surface area (Å²) in [5.74, 6) is 0.127. The lowest BCUT2D eigenvalue weighted by molar-refractivity contribution is -0.141. The normalized spacial score (nSPS) is 28.1. The zero-order valence-electron chi connectivity index (χ0n) is 13.0. The maximum atomic E-state index is 12.7. The molecule has 2 N–H and O–H groups in total. The van der Waals surface area contributed by atoms with Crippen LogP contribution < -0.4 is 10.9 Å². The standard InChI is InChI=1S/C16H21Cl2N3O2/c1-2-11-8-14(20-19-11)16(22)21-5-6-23-15(9-21)10-3-4-12(17)13(18)7-10/h3-4,7,11,14-15,19-20H,2,5-6,8-9H2,1H3. The molecule has 3 rings (SSSR count). The minimum Gasteiger partial charge on any atom is -0.370 e. The Balaban J connectivity index is 1.66. The Bertz CT molecular complexity index is 584. The van der Waals surface area contributed by atoms with Crippen LogP contribution in [0, 0.1) is 0 Å². The number of ether oxygens (including phenoxy) is 1. The van der Waals surface area contributed by atoms with Gasteiger partial charge >= 0.3 is 0 Å². The summed E-state index contributed by atoms with van der Waals surface area (Å²) >= 11 is 12.0. The average Bonchev–Trinajstić information content (AvgIpc) is 3.06.